The summed E-state index contributed by atoms with van der Waals surface area (Å²) < 4.78 is 0. The van der Waals surface area contributed by atoms with Gasteiger partial charge in [0, 0.05) is 17.9 Å². The Balaban J connectivity index is 1.82. The molecule has 0 bridgehead atoms. The van der Waals surface area contributed by atoms with Crippen molar-refractivity contribution in [1.29, 1.82) is 0 Å². The number of nitrogens with one attached hydrogen (secondary N) is 1. The number of fused-ring (bicyclic) bond motifs is 1. The second-order valence-electron chi connectivity index (χ2n) is 7.16. The van der Waals surface area contributed by atoms with Gasteiger partial charge in [-0.25, -0.2) is 0 Å². The second kappa shape index (κ2) is 6.36. The van der Waals surface area contributed by atoms with Crippen molar-refractivity contribution < 1.29 is 9.59 Å². The molecule has 25 heavy (non-hydrogen) atoms. The average Bonchev–Trinajstić information content (AvgIpc) is 3.02. The number of rotatable bonds is 3. The van der Waals surface area contributed by atoms with Gasteiger partial charge < -0.3 is 10.2 Å². The van der Waals surface area contributed by atoms with Crippen molar-refractivity contribution in [2.45, 2.75) is 34.1 Å². The van der Waals surface area contributed by atoms with Crippen LogP contribution in [0.15, 0.2) is 42.5 Å². The van der Waals surface area contributed by atoms with Gasteiger partial charge in [-0.2, -0.15) is 0 Å². The third-order valence-corrected chi connectivity index (χ3v) is 5.09. The molecule has 0 spiro atoms. The predicted molar refractivity (Wildman–Crippen MR) is 101 cm³/mol. The Morgan fingerprint density at radius 1 is 1.04 bits per heavy atom. The minimum atomic E-state index is -1.15. The number of hydrogen-bond acceptors (Lipinski definition) is 2. The first kappa shape index (κ1) is 17.2. The van der Waals surface area contributed by atoms with Crippen LogP contribution in [0, 0.1) is 19.3 Å². The lowest BCUT2D eigenvalue weighted by Gasteiger charge is -2.29. The summed E-state index contributed by atoms with van der Waals surface area (Å²) in [5.41, 5.74) is 3.81. The standard InChI is InChI=1S/C21H24N2O2/c1-14-8-7-10-17(15(14)2)22-19(24)21(3,4)20(25)23-13-12-16-9-5-6-11-18(16)23/h5-11H,12-13H2,1-4H3,(H,22,24). The number of benzene rings is 2. The minimum absolute atomic E-state index is 0.166. The first-order valence-corrected chi connectivity index (χ1v) is 8.60. The Morgan fingerprint density at radius 3 is 2.52 bits per heavy atom. The van der Waals surface area contributed by atoms with Gasteiger partial charge in [-0.3, -0.25) is 9.59 Å². The number of nitrogens with zero attached hydrogens (tertiary/aromatic N) is 1. The fraction of sp³-hybridized carbons (Fsp3) is 0.333. The second-order valence-corrected chi connectivity index (χ2v) is 7.16. The minimum Gasteiger partial charge on any atom is -0.325 e. The van der Waals surface area contributed by atoms with Crippen molar-refractivity contribution >= 4 is 23.2 Å². The molecule has 0 saturated carbocycles. The molecular formula is C21H24N2O2. The lowest BCUT2D eigenvalue weighted by atomic mass is 9.89. The van der Waals surface area contributed by atoms with Crippen LogP contribution in [0.4, 0.5) is 11.4 Å². The monoisotopic (exact) mass is 336 g/mol. The molecule has 0 fully saturated rings. The molecule has 0 radical (unpaired) electrons. The molecule has 0 unspecified atom stereocenters. The Kier molecular flexibility index (Phi) is 4.38. The molecule has 0 aliphatic carbocycles. The summed E-state index contributed by atoms with van der Waals surface area (Å²) in [6.07, 6.45) is 0.830. The molecule has 3 rings (SSSR count). The summed E-state index contributed by atoms with van der Waals surface area (Å²) >= 11 is 0. The van der Waals surface area contributed by atoms with Crippen LogP contribution in [0.5, 0.6) is 0 Å². The van der Waals surface area contributed by atoms with Crippen LogP contribution in [0.1, 0.15) is 30.5 Å². The van der Waals surface area contributed by atoms with Crippen molar-refractivity contribution in [3.05, 3.63) is 59.2 Å². The number of carbonyl (C=O) groups excluding carboxylic acids is 2. The number of anilines is 2. The van der Waals surface area contributed by atoms with E-state index in [0.717, 1.165) is 34.5 Å². The molecule has 0 saturated heterocycles. The lowest BCUT2D eigenvalue weighted by molar-refractivity contribution is -0.136. The summed E-state index contributed by atoms with van der Waals surface area (Å²) in [5.74, 6) is -0.448. The van der Waals surface area contributed by atoms with Gasteiger partial charge in [-0.1, -0.05) is 30.3 Å². The van der Waals surface area contributed by atoms with Crippen molar-refractivity contribution in [3.63, 3.8) is 0 Å². The van der Waals surface area contributed by atoms with Gasteiger partial charge >= 0.3 is 0 Å². The number of aryl methyl sites for hydroxylation is 1. The van der Waals surface area contributed by atoms with E-state index in [4.69, 9.17) is 0 Å². The maximum Gasteiger partial charge on any atom is 0.242 e. The Hall–Kier alpha value is -2.62. The molecule has 2 aromatic carbocycles. The summed E-state index contributed by atoms with van der Waals surface area (Å²) in [6, 6.07) is 13.7. The van der Waals surface area contributed by atoms with E-state index >= 15 is 0 Å². The largest absolute Gasteiger partial charge is 0.325 e. The molecule has 2 aromatic rings. The van der Waals surface area contributed by atoms with Crippen LogP contribution < -0.4 is 10.2 Å². The van der Waals surface area contributed by atoms with E-state index in [-0.39, 0.29) is 11.8 Å². The molecular weight excluding hydrogens is 312 g/mol. The van der Waals surface area contributed by atoms with Crippen molar-refractivity contribution in [3.8, 4) is 0 Å². The van der Waals surface area contributed by atoms with Gasteiger partial charge in [-0.15, -0.1) is 0 Å². The normalized spacial score (nSPS) is 13.5. The molecule has 1 aliphatic heterocycles. The zero-order valence-electron chi connectivity index (χ0n) is 15.2. The number of carbonyl (C=O) groups is 2. The Labute approximate surface area is 148 Å². The quantitative estimate of drug-likeness (QED) is 0.865. The maximum absolute atomic E-state index is 13.1. The third-order valence-electron chi connectivity index (χ3n) is 5.09. The summed E-state index contributed by atoms with van der Waals surface area (Å²) in [6.45, 7) is 7.98. The average molecular weight is 336 g/mol. The van der Waals surface area contributed by atoms with Gasteiger partial charge in [0.2, 0.25) is 11.8 Å². The van der Waals surface area contributed by atoms with Crippen LogP contribution in [0.2, 0.25) is 0 Å². The van der Waals surface area contributed by atoms with E-state index in [1.54, 1.807) is 18.7 Å². The lowest BCUT2D eigenvalue weighted by Crippen LogP contribution is -2.47. The van der Waals surface area contributed by atoms with E-state index in [1.165, 1.54) is 0 Å². The fourth-order valence-electron chi connectivity index (χ4n) is 3.15. The Morgan fingerprint density at radius 2 is 1.76 bits per heavy atom. The van der Waals surface area contributed by atoms with Crippen LogP contribution in [-0.4, -0.2) is 18.4 Å². The van der Waals surface area contributed by atoms with Crippen molar-refractivity contribution in [2.75, 3.05) is 16.8 Å². The summed E-state index contributed by atoms with van der Waals surface area (Å²) in [5, 5.41) is 2.93. The van der Waals surface area contributed by atoms with E-state index in [9.17, 15) is 9.59 Å². The van der Waals surface area contributed by atoms with Crippen molar-refractivity contribution in [2.24, 2.45) is 5.41 Å². The highest BCUT2D eigenvalue weighted by atomic mass is 16.2. The molecule has 1 N–H and O–H groups in total. The fourth-order valence-corrected chi connectivity index (χ4v) is 3.15. The van der Waals surface area contributed by atoms with Crippen LogP contribution in [0.25, 0.3) is 0 Å². The highest BCUT2D eigenvalue weighted by Gasteiger charge is 2.41. The van der Waals surface area contributed by atoms with E-state index < -0.39 is 5.41 Å². The molecule has 1 aliphatic rings. The summed E-state index contributed by atoms with van der Waals surface area (Å²) in [4.78, 5) is 27.7. The third kappa shape index (κ3) is 3.04. The zero-order chi connectivity index (χ0) is 18.2. The molecule has 4 nitrogen and oxygen atoms in total. The molecule has 130 valence electrons. The first-order chi connectivity index (χ1) is 11.8. The topological polar surface area (TPSA) is 49.4 Å². The smallest absolute Gasteiger partial charge is 0.242 e. The van der Waals surface area contributed by atoms with Crippen molar-refractivity contribution in [1.82, 2.24) is 0 Å². The molecule has 0 atom stereocenters. The number of para-hydroxylation sites is 1. The summed E-state index contributed by atoms with van der Waals surface area (Å²) in [7, 11) is 0. The van der Waals surface area contributed by atoms with E-state index in [0.29, 0.717) is 6.54 Å². The maximum atomic E-state index is 13.1. The number of hydrogen-bond donors (Lipinski definition) is 1. The molecule has 4 heteroatoms. The van der Waals surface area contributed by atoms with Crippen LogP contribution >= 0.6 is 0 Å². The zero-order valence-corrected chi connectivity index (χ0v) is 15.2. The first-order valence-electron chi connectivity index (χ1n) is 8.60. The van der Waals surface area contributed by atoms with E-state index in [1.807, 2.05) is 56.3 Å². The van der Waals surface area contributed by atoms with Gasteiger partial charge in [0.05, 0.1) is 0 Å². The SMILES string of the molecule is Cc1cccc(NC(=O)C(C)(C)C(=O)N2CCc3ccccc32)c1C. The highest BCUT2D eigenvalue weighted by Crippen LogP contribution is 2.32. The van der Waals surface area contributed by atoms with Gasteiger partial charge in [0.15, 0.2) is 0 Å². The highest BCUT2D eigenvalue weighted by molar-refractivity contribution is 6.15. The van der Waals surface area contributed by atoms with E-state index in [2.05, 4.69) is 5.32 Å². The van der Waals surface area contributed by atoms with Gasteiger partial charge in [0.25, 0.3) is 0 Å². The number of amides is 2. The van der Waals surface area contributed by atoms with Crippen LogP contribution in [0.3, 0.4) is 0 Å². The molecule has 2 amide bonds. The Bertz CT molecular complexity index is 840. The predicted octanol–water partition coefficient (Wildman–Crippen LogP) is 3.86. The van der Waals surface area contributed by atoms with Crippen LogP contribution in [-0.2, 0) is 16.0 Å². The van der Waals surface area contributed by atoms with Gasteiger partial charge in [0.1, 0.15) is 5.41 Å². The van der Waals surface area contributed by atoms with Gasteiger partial charge in [-0.05, 0) is 62.9 Å². The molecule has 0 aromatic heterocycles. The molecule has 1 heterocycles.